The largest absolute Gasteiger partial charge is 0.481 e. The molecular weight excluding hydrogens is 140 g/mol. The number of aliphatic carboxylic acids is 1. The third kappa shape index (κ3) is 1.39. The minimum Gasteiger partial charge on any atom is -0.481 e. The van der Waals surface area contributed by atoms with Gasteiger partial charge in [0.15, 0.2) is 0 Å². The Balaban J connectivity index is 2.46. The van der Waals surface area contributed by atoms with Crippen molar-refractivity contribution in [2.75, 3.05) is 0 Å². The smallest absolute Gasteiger partial charge is 0.303 e. The fraction of sp³-hybridized carbons (Fsp3) is 0.889. The van der Waals surface area contributed by atoms with E-state index in [1.807, 2.05) is 0 Å². The van der Waals surface area contributed by atoms with Crippen molar-refractivity contribution in [3.63, 3.8) is 0 Å². The molecule has 2 unspecified atom stereocenters. The summed E-state index contributed by atoms with van der Waals surface area (Å²) in [4.78, 5) is 10.4. The van der Waals surface area contributed by atoms with Gasteiger partial charge in [-0.2, -0.15) is 0 Å². The molecule has 0 spiro atoms. The molecule has 1 saturated carbocycles. The van der Waals surface area contributed by atoms with Crippen LogP contribution in [0.5, 0.6) is 0 Å². The van der Waals surface area contributed by atoms with E-state index >= 15 is 0 Å². The standard InChI is InChI=1S/C9H16O2/c1-6-4-7(5-8(10)11)9(6,2)3/h6-7H,4-5H2,1-3H3,(H,10,11). The first-order chi connectivity index (χ1) is 4.94. The third-order valence-corrected chi connectivity index (χ3v) is 3.38. The molecule has 2 nitrogen and oxygen atoms in total. The zero-order chi connectivity index (χ0) is 8.65. The molecule has 0 aromatic carbocycles. The first kappa shape index (κ1) is 8.57. The van der Waals surface area contributed by atoms with E-state index in [0.717, 1.165) is 6.42 Å². The number of rotatable bonds is 2. The van der Waals surface area contributed by atoms with Gasteiger partial charge in [0.25, 0.3) is 0 Å². The van der Waals surface area contributed by atoms with Crippen LogP contribution < -0.4 is 0 Å². The minimum absolute atomic E-state index is 0.248. The summed E-state index contributed by atoms with van der Waals surface area (Å²) in [6, 6.07) is 0. The second-order valence-corrected chi connectivity index (χ2v) is 4.25. The van der Waals surface area contributed by atoms with Crippen LogP contribution in [0, 0.1) is 17.3 Å². The van der Waals surface area contributed by atoms with E-state index in [0.29, 0.717) is 18.3 Å². The first-order valence-electron chi connectivity index (χ1n) is 4.16. The van der Waals surface area contributed by atoms with Gasteiger partial charge in [-0.15, -0.1) is 0 Å². The van der Waals surface area contributed by atoms with Gasteiger partial charge in [-0.05, 0) is 23.7 Å². The van der Waals surface area contributed by atoms with Crippen LogP contribution in [0.3, 0.4) is 0 Å². The zero-order valence-electron chi connectivity index (χ0n) is 7.42. The summed E-state index contributed by atoms with van der Waals surface area (Å²) >= 11 is 0. The van der Waals surface area contributed by atoms with Gasteiger partial charge in [0, 0.05) is 6.42 Å². The maximum atomic E-state index is 10.4. The van der Waals surface area contributed by atoms with E-state index < -0.39 is 5.97 Å². The van der Waals surface area contributed by atoms with Gasteiger partial charge in [0.2, 0.25) is 0 Å². The fourth-order valence-corrected chi connectivity index (χ4v) is 1.83. The highest BCUT2D eigenvalue weighted by molar-refractivity contribution is 5.67. The molecule has 0 bridgehead atoms. The van der Waals surface area contributed by atoms with E-state index in [-0.39, 0.29) is 5.41 Å². The monoisotopic (exact) mass is 156 g/mol. The molecule has 2 atom stereocenters. The van der Waals surface area contributed by atoms with Crippen LogP contribution in [0.1, 0.15) is 33.6 Å². The molecule has 1 rings (SSSR count). The molecule has 0 saturated heterocycles. The summed E-state index contributed by atoms with van der Waals surface area (Å²) in [5.74, 6) is 0.428. The molecule has 1 N–H and O–H groups in total. The van der Waals surface area contributed by atoms with Crippen molar-refractivity contribution in [2.45, 2.75) is 33.6 Å². The Labute approximate surface area is 67.6 Å². The van der Waals surface area contributed by atoms with E-state index in [4.69, 9.17) is 5.11 Å². The van der Waals surface area contributed by atoms with Crippen LogP contribution >= 0.6 is 0 Å². The summed E-state index contributed by atoms with van der Waals surface area (Å²) in [6.45, 7) is 6.52. The molecule has 0 aliphatic heterocycles. The van der Waals surface area contributed by atoms with E-state index in [2.05, 4.69) is 20.8 Å². The average Bonchev–Trinajstić information content (AvgIpc) is 1.87. The fourth-order valence-electron chi connectivity index (χ4n) is 1.83. The molecule has 1 aliphatic rings. The second-order valence-electron chi connectivity index (χ2n) is 4.25. The highest BCUT2D eigenvalue weighted by Crippen LogP contribution is 2.52. The van der Waals surface area contributed by atoms with Crippen molar-refractivity contribution in [1.29, 1.82) is 0 Å². The number of carboxylic acids is 1. The normalized spacial score (nSPS) is 34.5. The Hall–Kier alpha value is -0.530. The Morgan fingerprint density at radius 1 is 1.64 bits per heavy atom. The third-order valence-electron chi connectivity index (χ3n) is 3.38. The lowest BCUT2D eigenvalue weighted by Crippen LogP contribution is -2.44. The average molecular weight is 156 g/mol. The Morgan fingerprint density at radius 3 is 2.45 bits per heavy atom. The van der Waals surface area contributed by atoms with Crippen LogP contribution in [0.15, 0.2) is 0 Å². The first-order valence-corrected chi connectivity index (χ1v) is 4.16. The number of hydrogen-bond donors (Lipinski definition) is 1. The summed E-state index contributed by atoms with van der Waals surface area (Å²) in [5.41, 5.74) is 0.248. The van der Waals surface area contributed by atoms with Crippen LogP contribution in [0.2, 0.25) is 0 Å². The van der Waals surface area contributed by atoms with Crippen molar-refractivity contribution < 1.29 is 9.90 Å². The van der Waals surface area contributed by atoms with E-state index in [1.54, 1.807) is 0 Å². The molecular formula is C9H16O2. The Bertz CT molecular complexity index is 172. The second kappa shape index (κ2) is 2.50. The number of hydrogen-bond acceptors (Lipinski definition) is 1. The minimum atomic E-state index is -0.657. The van der Waals surface area contributed by atoms with Crippen LogP contribution in [0.4, 0.5) is 0 Å². The van der Waals surface area contributed by atoms with Gasteiger partial charge in [-0.1, -0.05) is 20.8 Å². The molecule has 0 heterocycles. The van der Waals surface area contributed by atoms with Gasteiger partial charge < -0.3 is 5.11 Å². The SMILES string of the molecule is CC1CC(CC(=O)O)C1(C)C. The lowest BCUT2D eigenvalue weighted by atomic mass is 9.54. The molecule has 0 amide bonds. The van der Waals surface area contributed by atoms with Crippen LogP contribution in [-0.2, 0) is 4.79 Å². The predicted octanol–water partition coefficient (Wildman–Crippen LogP) is 2.14. The summed E-state index contributed by atoms with van der Waals surface area (Å²) in [6.07, 6.45) is 1.43. The summed E-state index contributed by atoms with van der Waals surface area (Å²) in [5, 5.41) is 8.57. The van der Waals surface area contributed by atoms with Crippen molar-refractivity contribution in [1.82, 2.24) is 0 Å². The summed E-state index contributed by atoms with van der Waals surface area (Å²) < 4.78 is 0. The quantitative estimate of drug-likeness (QED) is 0.665. The van der Waals surface area contributed by atoms with Crippen molar-refractivity contribution in [3.05, 3.63) is 0 Å². The van der Waals surface area contributed by atoms with Gasteiger partial charge in [0.1, 0.15) is 0 Å². The van der Waals surface area contributed by atoms with Crippen molar-refractivity contribution in [3.8, 4) is 0 Å². The Morgan fingerprint density at radius 2 is 2.18 bits per heavy atom. The topological polar surface area (TPSA) is 37.3 Å². The molecule has 0 aromatic heterocycles. The van der Waals surface area contributed by atoms with Gasteiger partial charge in [-0.25, -0.2) is 0 Å². The number of carbonyl (C=O) groups is 1. The summed E-state index contributed by atoms with van der Waals surface area (Å²) in [7, 11) is 0. The zero-order valence-corrected chi connectivity index (χ0v) is 7.42. The van der Waals surface area contributed by atoms with Gasteiger partial charge in [-0.3, -0.25) is 4.79 Å². The lowest BCUT2D eigenvalue weighted by Gasteiger charge is -2.50. The van der Waals surface area contributed by atoms with Crippen LogP contribution in [0.25, 0.3) is 0 Å². The van der Waals surface area contributed by atoms with Gasteiger partial charge in [0.05, 0.1) is 0 Å². The van der Waals surface area contributed by atoms with E-state index in [1.165, 1.54) is 0 Å². The molecule has 2 heteroatoms. The molecule has 0 radical (unpaired) electrons. The molecule has 1 aliphatic carbocycles. The lowest BCUT2D eigenvalue weighted by molar-refractivity contribution is -0.142. The van der Waals surface area contributed by atoms with E-state index in [9.17, 15) is 4.79 Å². The highest BCUT2D eigenvalue weighted by atomic mass is 16.4. The molecule has 11 heavy (non-hydrogen) atoms. The maximum absolute atomic E-state index is 10.4. The van der Waals surface area contributed by atoms with Crippen molar-refractivity contribution in [2.24, 2.45) is 17.3 Å². The van der Waals surface area contributed by atoms with Crippen LogP contribution in [-0.4, -0.2) is 11.1 Å². The maximum Gasteiger partial charge on any atom is 0.303 e. The predicted molar refractivity (Wildman–Crippen MR) is 43.3 cm³/mol. The Kier molecular flexibility index (Phi) is 1.95. The van der Waals surface area contributed by atoms with Gasteiger partial charge >= 0.3 is 5.97 Å². The molecule has 1 fully saturated rings. The molecule has 64 valence electrons. The van der Waals surface area contributed by atoms with Crippen molar-refractivity contribution >= 4 is 5.97 Å². The number of carboxylic acid groups (broad SMARTS) is 1. The molecule has 0 aromatic rings. The highest BCUT2D eigenvalue weighted by Gasteiger charge is 2.45.